The van der Waals surface area contributed by atoms with Gasteiger partial charge in [0.15, 0.2) is 0 Å². The summed E-state index contributed by atoms with van der Waals surface area (Å²) in [5.41, 5.74) is 2.24. The van der Waals surface area contributed by atoms with E-state index in [0.29, 0.717) is 0 Å². The van der Waals surface area contributed by atoms with Crippen LogP contribution < -0.4 is 0 Å². The Morgan fingerprint density at radius 1 is 1.43 bits per heavy atom. The average molecular weight is 227 g/mol. The Kier molecular flexibility index (Phi) is 2.77. The van der Waals surface area contributed by atoms with Crippen molar-refractivity contribution in [3.8, 4) is 0 Å². The number of rotatable bonds is 2. The van der Waals surface area contributed by atoms with Crippen LogP contribution in [-0.2, 0) is 13.0 Å². The van der Waals surface area contributed by atoms with Crippen LogP contribution in [0.15, 0.2) is 18.2 Å². The number of aliphatic hydroxyl groups is 1. The fraction of sp³-hybridized carbons (Fsp3) is 0.273. The third-order valence-electron chi connectivity index (χ3n) is 2.38. The van der Waals surface area contributed by atoms with E-state index in [9.17, 15) is 5.11 Å². The number of halogens is 1. The molecule has 2 aromatic rings. The minimum atomic E-state index is 0.106. The summed E-state index contributed by atoms with van der Waals surface area (Å²) in [6, 6.07) is 5.97. The van der Waals surface area contributed by atoms with Gasteiger partial charge in [-0.1, -0.05) is 30.7 Å². The Labute approximate surface area is 91.9 Å². The number of benzene rings is 1. The molecule has 0 spiro atoms. The lowest BCUT2D eigenvalue weighted by Crippen LogP contribution is -1.91. The van der Waals surface area contributed by atoms with E-state index >= 15 is 0 Å². The molecule has 0 fully saturated rings. The minimum Gasteiger partial charge on any atom is -0.392 e. The smallest absolute Gasteiger partial charge is 0.0940 e. The molecule has 3 heteroatoms. The number of thiophene rings is 1. The molecule has 1 aromatic heterocycles. The van der Waals surface area contributed by atoms with Gasteiger partial charge in [-0.05, 0) is 29.0 Å². The zero-order valence-electron chi connectivity index (χ0n) is 7.88. The van der Waals surface area contributed by atoms with Gasteiger partial charge in [0.05, 0.1) is 10.9 Å². The van der Waals surface area contributed by atoms with Crippen molar-refractivity contribution in [2.45, 2.75) is 20.0 Å². The first-order valence-corrected chi connectivity index (χ1v) is 5.76. The van der Waals surface area contributed by atoms with E-state index in [4.69, 9.17) is 11.6 Å². The van der Waals surface area contributed by atoms with Crippen molar-refractivity contribution in [2.75, 3.05) is 0 Å². The molecule has 14 heavy (non-hydrogen) atoms. The highest BCUT2D eigenvalue weighted by molar-refractivity contribution is 7.22. The minimum absolute atomic E-state index is 0.106. The van der Waals surface area contributed by atoms with Gasteiger partial charge in [0, 0.05) is 4.70 Å². The molecule has 0 radical (unpaired) electrons. The van der Waals surface area contributed by atoms with Crippen molar-refractivity contribution < 1.29 is 5.11 Å². The quantitative estimate of drug-likeness (QED) is 0.830. The fourth-order valence-electron chi connectivity index (χ4n) is 1.71. The molecule has 1 heterocycles. The maximum Gasteiger partial charge on any atom is 0.0940 e. The molecule has 0 aliphatic heterocycles. The Bertz CT molecular complexity index is 462. The molecule has 2 rings (SSSR count). The van der Waals surface area contributed by atoms with E-state index in [0.717, 1.165) is 16.3 Å². The van der Waals surface area contributed by atoms with Gasteiger partial charge >= 0.3 is 0 Å². The first-order valence-electron chi connectivity index (χ1n) is 4.57. The molecular formula is C11H11ClOS. The molecular weight excluding hydrogens is 216 g/mol. The molecule has 0 atom stereocenters. The van der Waals surface area contributed by atoms with Crippen LogP contribution in [-0.4, -0.2) is 5.11 Å². The second-order valence-corrected chi connectivity index (χ2v) is 4.87. The standard InChI is InChI=1S/C11H11ClOS/c1-2-9-8(6-13)4-3-7-5-10(12)14-11(7)9/h3-5,13H,2,6H2,1H3. The second kappa shape index (κ2) is 3.89. The van der Waals surface area contributed by atoms with Gasteiger partial charge < -0.3 is 5.11 Å². The van der Waals surface area contributed by atoms with Crippen molar-refractivity contribution in [3.63, 3.8) is 0 Å². The molecule has 0 aliphatic rings. The van der Waals surface area contributed by atoms with Crippen LogP contribution in [0.4, 0.5) is 0 Å². The van der Waals surface area contributed by atoms with Crippen LogP contribution in [0.1, 0.15) is 18.1 Å². The maximum absolute atomic E-state index is 9.19. The summed E-state index contributed by atoms with van der Waals surface area (Å²) in [6.07, 6.45) is 0.935. The van der Waals surface area contributed by atoms with Crippen LogP contribution in [0.3, 0.4) is 0 Å². The average Bonchev–Trinajstić information content (AvgIpc) is 2.56. The van der Waals surface area contributed by atoms with E-state index < -0.39 is 0 Å². The molecule has 1 N–H and O–H groups in total. The monoisotopic (exact) mass is 226 g/mol. The zero-order chi connectivity index (χ0) is 10.1. The first-order chi connectivity index (χ1) is 6.76. The summed E-state index contributed by atoms with van der Waals surface area (Å²) in [5, 5.41) is 10.4. The van der Waals surface area contributed by atoms with Crippen LogP contribution >= 0.6 is 22.9 Å². The predicted molar refractivity (Wildman–Crippen MR) is 62.1 cm³/mol. The highest BCUT2D eigenvalue weighted by Crippen LogP contribution is 2.33. The van der Waals surface area contributed by atoms with Crippen LogP contribution in [0.2, 0.25) is 4.34 Å². The number of hydrogen-bond acceptors (Lipinski definition) is 2. The molecule has 0 bridgehead atoms. The Balaban J connectivity index is 2.75. The number of fused-ring (bicyclic) bond motifs is 1. The summed E-state index contributed by atoms with van der Waals surface area (Å²) in [4.78, 5) is 0. The third kappa shape index (κ3) is 1.54. The summed E-state index contributed by atoms with van der Waals surface area (Å²) in [7, 11) is 0. The Morgan fingerprint density at radius 3 is 2.86 bits per heavy atom. The lowest BCUT2D eigenvalue weighted by molar-refractivity contribution is 0.281. The van der Waals surface area contributed by atoms with Gasteiger partial charge in [-0.25, -0.2) is 0 Å². The Morgan fingerprint density at radius 2 is 2.21 bits per heavy atom. The molecule has 0 unspecified atom stereocenters. The fourth-order valence-corrected chi connectivity index (χ4v) is 3.08. The van der Waals surface area contributed by atoms with Gasteiger partial charge in [-0.2, -0.15) is 0 Å². The molecule has 1 aromatic carbocycles. The lowest BCUT2D eigenvalue weighted by atomic mass is 10.0. The van der Waals surface area contributed by atoms with E-state index in [-0.39, 0.29) is 6.61 Å². The SMILES string of the molecule is CCc1c(CO)ccc2cc(Cl)sc12. The van der Waals surface area contributed by atoms with Crippen LogP contribution in [0.25, 0.3) is 10.1 Å². The van der Waals surface area contributed by atoms with Crippen molar-refractivity contribution in [2.24, 2.45) is 0 Å². The second-order valence-electron chi connectivity index (χ2n) is 3.18. The third-order valence-corrected chi connectivity index (χ3v) is 3.72. The number of aryl methyl sites for hydroxylation is 1. The highest BCUT2D eigenvalue weighted by atomic mass is 35.5. The normalized spacial score (nSPS) is 11.1. The summed E-state index contributed by atoms with van der Waals surface area (Å²) in [6.45, 7) is 2.20. The van der Waals surface area contributed by atoms with Gasteiger partial charge in [-0.15, -0.1) is 11.3 Å². The number of aliphatic hydroxyl groups excluding tert-OH is 1. The highest BCUT2D eigenvalue weighted by Gasteiger charge is 2.08. The molecule has 0 aliphatic carbocycles. The molecule has 0 saturated heterocycles. The van der Waals surface area contributed by atoms with E-state index in [1.807, 2.05) is 18.2 Å². The van der Waals surface area contributed by atoms with Gasteiger partial charge in [0.1, 0.15) is 0 Å². The van der Waals surface area contributed by atoms with Crippen molar-refractivity contribution in [3.05, 3.63) is 33.7 Å². The van der Waals surface area contributed by atoms with Crippen molar-refractivity contribution in [1.82, 2.24) is 0 Å². The topological polar surface area (TPSA) is 20.2 Å². The zero-order valence-corrected chi connectivity index (χ0v) is 9.45. The van der Waals surface area contributed by atoms with E-state index in [1.165, 1.54) is 15.6 Å². The lowest BCUT2D eigenvalue weighted by Gasteiger charge is -2.05. The number of hydrogen-bond donors (Lipinski definition) is 1. The van der Waals surface area contributed by atoms with Gasteiger partial charge in [0.25, 0.3) is 0 Å². The first kappa shape index (κ1) is 9.97. The van der Waals surface area contributed by atoms with Gasteiger partial charge in [0.2, 0.25) is 0 Å². The van der Waals surface area contributed by atoms with Crippen molar-refractivity contribution >= 4 is 33.0 Å². The van der Waals surface area contributed by atoms with Crippen LogP contribution in [0.5, 0.6) is 0 Å². The summed E-state index contributed by atoms with van der Waals surface area (Å²) < 4.78 is 2.02. The summed E-state index contributed by atoms with van der Waals surface area (Å²) >= 11 is 7.55. The van der Waals surface area contributed by atoms with Gasteiger partial charge in [-0.3, -0.25) is 0 Å². The molecule has 0 saturated carbocycles. The maximum atomic E-state index is 9.19. The molecule has 1 nitrogen and oxygen atoms in total. The summed E-state index contributed by atoms with van der Waals surface area (Å²) in [5.74, 6) is 0. The van der Waals surface area contributed by atoms with Crippen LogP contribution in [0, 0.1) is 0 Å². The van der Waals surface area contributed by atoms with E-state index in [1.54, 1.807) is 11.3 Å². The molecule has 74 valence electrons. The largest absolute Gasteiger partial charge is 0.392 e. The predicted octanol–water partition coefficient (Wildman–Crippen LogP) is 3.61. The molecule has 0 amide bonds. The van der Waals surface area contributed by atoms with Crippen molar-refractivity contribution in [1.29, 1.82) is 0 Å². The van der Waals surface area contributed by atoms with E-state index in [2.05, 4.69) is 6.92 Å². The Hall–Kier alpha value is -0.570.